The lowest BCUT2D eigenvalue weighted by Gasteiger charge is -2.34. The minimum absolute atomic E-state index is 0.0249. The van der Waals surface area contributed by atoms with Gasteiger partial charge < -0.3 is 25.8 Å². The number of nitrogens with one attached hydrogen (secondary N) is 1. The van der Waals surface area contributed by atoms with Crippen LogP contribution in [0, 0.1) is 12.3 Å². The van der Waals surface area contributed by atoms with Gasteiger partial charge in [0.15, 0.2) is 6.10 Å². The van der Waals surface area contributed by atoms with Crippen molar-refractivity contribution in [3.63, 3.8) is 0 Å². The highest BCUT2D eigenvalue weighted by molar-refractivity contribution is 7.13. The van der Waals surface area contributed by atoms with E-state index in [0.717, 1.165) is 21.7 Å². The highest BCUT2D eigenvalue weighted by Crippen LogP contribution is 2.30. The number of primary amides is 1. The highest BCUT2D eigenvalue weighted by atomic mass is 32.1. The van der Waals surface area contributed by atoms with Crippen LogP contribution in [-0.2, 0) is 14.3 Å². The van der Waals surface area contributed by atoms with Crippen molar-refractivity contribution in [1.82, 2.24) is 15.2 Å². The fourth-order valence-electron chi connectivity index (χ4n) is 4.07. The Morgan fingerprint density at radius 2 is 1.91 bits per heavy atom. The van der Waals surface area contributed by atoms with Gasteiger partial charge in [-0.1, -0.05) is 45.0 Å². The number of likely N-dealkylation sites (tertiary alicyclic amines) is 1. The third kappa shape index (κ3) is 5.74. The average molecular weight is 489 g/mol. The predicted octanol–water partition coefficient (Wildman–Crippen LogP) is 2.77. The monoisotopic (exact) mass is 488 g/mol. The van der Waals surface area contributed by atoms with Crippen LogP contribution in [0.3, 0.4) is 0 Å². The van der Waals surface area contributed by atoms with E-state index in [1.165, 1.54) is 4.90 Å². The highest BCUT2D eigenvalue weighted by Gasteiger charge is 2.45. The predicted molar refractivity (Wildman–Crippen MR) is 129 cm³/mol. The molecule has 4 atom stereocenters. The largest absolute Gasteiger partial charge is 0.436 e. The first-order chi connectivity index (χ1) is 15.9. The summed E-state index contributed by atoms with van der Waals surface area (Å²) in [4.78, 5) is 44.4. The molecule has 4 N–H and O–H groups in total. The number of benzene rings is 1. The molecule has 1 aliphatic heterocycles. The molecule has 0 bridgehead atoms. The zero-order valence-electron chi connectivity index (χ0n) is 20.1. The van der Waals surface area contributed by atoms with E-state index in [1.54, 1.807) is 32.1 Å². The Morgan fingerprint density at radius 3 is 2.44 bits per heavy atom. The maximum Gasteiger partial charge on any atom is 0.405 e. The smallest absolute Gasteiger partial charge is 0.405 e. The Balaban J connectivity index is 1.72. The zero-order valence-corrected chi connectivity index (χ0v) is 20.9. The maximum atomic E-state index is 13.2. The second kappa shape index (κ2) is 10.1. The Kier molecular flexibility index (Phi) is 7.62. The Bertz CT molecular complexity index is 1050. The Hall–Kier alpha value is -2.98. The fraction of sp³-hybridized carbons (Fsp3) is 0.500. The van der Waals surface area contributed by atoms with Crippen LogP contribution in [-0.4, -0.2) is 57.7 Å². The van der Waals surface area contributed by atoms with Gasteiger partial charge in [-0.15, -0.1) is 11.3 Å². The van der Waals surface area contributed by atoms with Crippen molar-refractivity contribution in [2.24, 2.45) is 11.1 Å². The number of carbonyl (C=O) groups is 3. The van der Waals surface area contributed by atoms with E-state index in [2.05, 4.69) is 10.3 Å². The SMILES string of the molecule is Cc1ncsc1-c1ccc([C@H](C)NC(=O)[C@H]2C[C@H](O)CN2C(=O)[C@@H](OC(N)=O)C(C)(C)C)cc1. The number of β-amino-alcohol motifs (C(OH)–C–C–N with tert-alkyl or cyclic N) is 1. The number of thiazole rings is 1. The molecule has 1 aromatic carbocycles. The fourth-order valence-corrected chi connectivity index (χ4v) is 4.88. The second-order valence-electron chi connectivity index (χ2n) is 9.70. The van der Waals surface area contributed by atoms with Crippen molar-refractivity contribution >= 4 is 29.2 Å². The van der Waals surface area contributed by atoms with Crippen LogP contribution in [0.4, 0.5) is 4.79 Å². The molecule has 1 aliphatic rings. The van der Waals surface area contributed by atoms with Crippen LogP contribution in [0.25, 0.3) is 10.4 Å². The van der Waals surface area contributed by atoms with Crippen LogP contribution in [0.15, 0.2) is 29.8 Å². The quantitative estimate of drug-likeness (QED) is 0.572. The Labute approximate surface area is 203 Å². The third-order valence-corrected chi connectivity index (χ3v) is 6.86. The first-order valence-corrected chi connectivity index (χ1v) is 12.0. The molecule has 0 radical (unpaired) electrons. The molecule has 0 spiro atoms. The molecule has 2 aromatic rings. The van der Waals surface area contributed by atoms with Crippen LogP contribution in [0.2, 0.25) is 0 Å². The number of aryl methyl sites for hydroxylation is 1. The van der Waals surface area contributed by atoms with Crippen LogP contribution in [0.5, 0.6) is 0 Å². The van der Waals surface area contributed by atoms with E-state index >= 15 is 0 Å². The third-order valence-electron chi connectivity index (χ3n) is 5.89. The molecule has 0 saturated carbocycles. The molecule has 1 aromatic heterocycles. The van der Waals surface area contributed by atoms with Crippen molar-refractivity contribution in [2.75, 3.05) is 6.54 Å². The molecule has 2 heterocycles. The molecule has 9 nitrogen and oxygen atoms in total. The standard InChI is InChI=1S/C24H32N4O5S/c1-13(15-6-8-16(9-7-15)19-14(2)26-12-34-19)27-21(30)18-10-17(29)11-28(18)22(31)20(24(3,4)5)33-23(25)32/h6-9,12-13,17-18,20,29H,10-11H2,1-5H3,(H2,25,32)(H,27,30)/t13-,17-,18+,20+/m0/s1. The Morgan fingerprint density at radius 1 is 1.26 bits per heavy atom. The summed E-state index contributed by atoms with van der Waals surface area (Å²) in [6.07, 6.45) is -3.00. The number of amides is 3. The summed E-state index contributed by atoms with van der Waals surface area (Å²) >= 11 is 1.57. The van der Waals surface area contributed by atoms with Gasteiger partial charge >= 0.3 is 6.09 Å². The van der Waals surface area contributed by atoms with E-state index < -0.39 is 35.7 Å². The number of aliphatic hydroxyl groups excluding tert-OH is 1. The normalized spacial score (nSPS) is 20.0. The van der Waals surface area contributed by atoms with Crippen molar-refractivity contribution < 1.29 is 24.2 Å². The molecule has 34 heavy (non-hydrogen) atoms. The lowest BCUT2D eigenvalue weighted by molar-refractivity contribution is -0.150. The number of aromatic nitrogens is 1. The molecule has 184 valence electrons. The number of nitrogens with two attached hydrogens (primary N) is 1. The van der Waals surface area contributed by atoms with Gasteiger partial charge in [-0.3, -0.25) is 9.59 Å². The van der Waals surface area contributed by atoms with Crippen molar-refractivity contribution in [3.8, 4) is 10.4 Å². The van der Waals surface area contributed by atoms with Gasteiger partial charge in [0.1, 0.15) is 6.04 Å². The summed E-state index contributed by atoms with van der Waals surface area (Å²) < 4.78 is 5.08. The molecule has 0 aliphatic carbocycles. The molecular formula is C24H32N4O5S. The molecule has 0 unspecified atom stereocenters. The van der Waals surface area contributed by atoms with Crippen LogP contribution in [0.1, 0.15) is 51.4 Å². The number of nitrogens with zero attached hydrogens (tertiary/aromatic N) is 2. The summed E-state index contributed by atoms with van der Waals surface area (Å²) in [5.74, 6) is -0.938. The topological polar surface area (TPSA) is 135 Å². The maximum absolute atomic E-state index is 13.2. The van der Waals surface area contributed by atoms with Gasteiger partial charge in [-0.05, 0) is 25.0 Å². The number of carbonyl (C=O) groups excluding carboxylic acids is 3. The van der Waals surface area contributed by atoms with Crippen LogP contribution >= 0.6 is 11.3 Å². The van der Waals surface area contributed by atoms with Crippen LogP contribution < -0.4 is 11.1 Å². The van der Waals surface area contributed by atoms with Gasteiger partial charge in [0.05, 0.1) is 28.2 Å². The van der Waals surface area contributed by atoms with Crippen molar-refractivity contribution in [3.05, 3.63) is 41.0 Å². The van der Waals surface area contributed by atoms with Gasteiger partial charge in [-0.25, -0.2) is 9.78 Å². The minimum atomic E-state index is -1.18. The molecule has 3 amide bonds. The van der Waals surface area contributed by atoms with E-state index in [1.807, 2.05) is 43.6 Å². The molecular weight excluding hydrogens is 456 g/mol. The van der Waals surface area contributed by atoms with Gasteiger partial charge in [0, 0.05) is 18.4 Å². The summed E-state index contributed by atoms with van der Waals surface area (Å²) in [5, 5.41) is 13.2. The zero-order chi connectivity index (χ0) is 25.2. The number of aliphatic hydroxyl groups is 1. The summed E-state index contributed by atoms with van der Waals surface area (Å²) in [6.45, 7) is 9.00. The molecule has 1 fully saturated rings. The van der Waals surface area contributed by atoms with Crippen molar-refractivity contribution in [2.45, 2.75) is 65.3 Å². The van der Waals surface area contributed by atoms with E-state index in [-0.39, 0.29) is 24.9 Å². The van der Waals surface area contributed by atoms with E-state index in [0.29, 0.717) is 0 Å². The summed E-state index contributed by atoms with van der Waals surface area (Å²) in [7, 11) is 0. The number of hydrogen-bond donors (Lipinski definition) is 3. The van der Waals surface area contributed by atoms with Gasteiger partial charge in [0.2, 0.25) is 5.91 Å². The molecule has 3 rings (SSSR count). The second-order valence-corrected chi connectivity index (χ2v) is 10.6. The average Bonchev–Trinajstić information content (AvgIpc) is 3.36. The van der Waals surface area contributed by atoms with E-state index in [4.69, 9.17) is 10.5 Å². The lowest BCUT2D eigenvalue weighted by Crippen LogP contribution is -2.53. The van der Waals surface area contributed by atoms with Gasteiger partial charge in [-0.2, -0.15) is 0 Å². The summed E-state index contributed by atoms with van der Waals surface area (Å²) in [6, 6.07) is 6.67. The molecule has 10 heteroatoms. The first-order valence-electron chi connectivity index (χ1n) is 11.1. The van der Waals surface area contributed by atoms with Gasteiger partial charge in [0.25, 0.3) is 5.91 Å². The summed E-state index contributed by atoms with van der Waals surface area (Å²) in [5.41, 5.74) is 9.16. The number of hydrogen-bond acceptors (Lipinski definition) is 7. The van der Waals surface area contributed by atoms with Crippen molar-refractivity contribution in [1.29, 1.82) is 0 Å². The minimum Gasteiger partial charge on any atom is -0.436 e. The number of ether oxygens (including phenoxy) is 1. The first kappa shape index (κ1) is 25.6. The molecule has 1 saturated heterocycles. The number of rotatable bonds is 6. The lowest BCUT2D eigenvalue weighted by atomic mass is 9.88. The van der Waals surface area contributed by atoms with E-state index in [9.17, 15) is 19.5 Å².